The monoisotopic (exact) mass is 325 g/mol. The highest BCUT2D eigenvalue weighted by molar-refractivity contribution is 5.51. The maximum atomic E-state index is 5.36. The molecule has 4 heterocycles. The third-order valence-electron chi connectivity index (χ3n) is 4.25. The molecule has 7 nitrogen and oxygen atoms in total. The molecule has 4 rings (SSSR count). The lowest BCUT2D eigenvalue weighted by Crippen LogP contribution is -2.30. The first kappa shape index (κ1) is 14.9. The van der Waals surface area contributed by atoms with Gasteiger partial charge >= 0.3 is 0 Å². The quantitative estimate of drug-likeness (QED) is 0.729. The molecule has 0 fully saturated rings. The van der Waals surface area contributed by atoms with E-state index in [4.69, 9.17) is 8.94 Å². The van der Waals surface area contributed by atoms with Crippen molar-refractivity contribution in [3.63, 3.8) is 0 Å². The molecule has 3 aromatic rings. The van der Waals surface area contributed by atoms with Crippen LogP contribution in [-0.4, -0.2) is 40.7 Å². The summed E-state index contributed by atoms with van der Waals surface area (Å²) < 4.78 is 10.7. The van der Waals surface area contributed by atoms with Crippen LogP contribution in [0.4, 0.5) is 5.82 Å². The predicted molar refractivity (Wildman–Crippen MR) is 88.4 cm³/mol. The fraction of sp³-hybridized carbons (Fsp3) is 0.353. The van der Waals surface area contributed by atoms with E-state index in [9.17, 15) is 0 Å². The lowest BCUT2D eigenvalue weighted by molar-refractivity contribution is 0.309. The first-order chi connectivity index (χ1) is 11.7. The van der Waals surface area contributed by atoms with Gasteiger partial charge in [0.05, 0.1) is 18.5 Å². The van der Waals surface area contributed by atoms with E-state index in [0.717, 1.165) is 36.7 Å². The van der Waals surface area contributed by atoms with Gasteiger partial charge in [-0.3, -0.25) is 0 Å². The zero-order valence-electron chi connectivity index (χ0n) is 13.8. The van der Waals surface area contributed by atoms with E-state index in [1.807, 2.05) is 25.2 Å². The average molecular weight is 325 g/mol. The molecule has 0 radical (unpaired) electrons. The van der Waals surface area contributed by atoms with E-state index in [1.54, 1.807) is 12.6 Å². The summed E-state index contributed by atoms with van der Waals surface area (Å²) in [7, 11) is 4.13. The second-order valence-electron chi connectivity index (χ2n) is 6.13. The number of nitrogens with zero attached hydrogens (tertiary/aromatic N) is 5. The average Bonchev–Trinajstić information content (AvgIpc) is 3.25. The Morgan fingerprint density at radius 2 is 2.21 bits per heavy atom. The molecule has 0 unspecified atom stereocenters. The smallest absolute Gasteiger partial charge is 0.202 e. The molecule has 0 N–H and O–H groups in total. The van der Waals surface area contributed by atoms with Gasteiger partial charge in [-0.05, 0) is 19.2 Å². The minimum Gasteiger partial charge on any atom is -0.461 e. The second kappa shape index (κ2) is 6.09. The van der Waals surface area contributed by atoms with E-state index in [2.05, 4.69) is 32.0 Å². The van der Waals surface area contributed by atoms with Crippen LogP contribution < -0.4 is 4.90 Å². The molecule has 124 valence electrons. The Morgan fingerprint density at radius 1 is 1.29 bits per heavy atom. The summed E-state index contributed by atoms with van der Waals surface area (Å²) in [6.07, 6.45) is 4.22. The van der Waals surface area contributed by atoms with Gasteiger partial charge in [0.25, 0.3) is 0 Å². The lowest BCUT2D eigenvalue weighted by Gasteiger charge is -2.28. The minimum atomic E-state index is 0.609. The summed E-state index contributed by atoms with van der Waals surface area (Å²) in [5, 5.41) is 4.13. The molecule has 3 aromatic heterocycles. The number of hydrogen-bond acceptors (Lipinski definition) is 7. The van der Waals surface area contributed by atoms with E-state index in [-0.39, 0.29) is 0 Å². The maximum Gasteiger partial charge on any atom is 0.202 e. The maximum absolute atomic E-state index is 5.36. The van der Waals surface area contributed by atoms with Gasteiger partial charge in [-0.1, -0.05) is 5.16 Å². The van der Waals surface area contributed by atoms with Crippen LogP contribution in [0.25, 0.3) is 11.5 Å². The SMILES string of the molecule is CN1CCc2ncnc(N(C)Cc3cc(-c4ccco4)on3)c2C1. The molecule has 0 bridgehead atoms. The number of furan rings is 1. The van der Waals surface area contributed by atoms with E-state index >= 15 is 0 Å². The van der Waals surface area contributed by atoms with Crippen molar-refractivity contribution in [3.05, 3.63) is 47.7 Å². The molecular formula is C17H19N5O2. The number of fused-ring (bicyclic) bond motifs is 1. The van der Waals surface area contributed by atoms with Crippen molar-refractivity contribution < 1.29 is 8.94 Å². The molecule has 0 aliphatic carbocycles. The normalized spacial score (nSPS) is 14.6. The molecule has 0 atom stereocenters. The molecule has 0 amide bonds. The molecule has 24 heavy (non-hydrogen) atoms. The van der Waals surface area contributed by atoms with Crippen LogP contribution in [0.15, 0.2) is 39.7 Å². The Bertz CT molecular complexity index is 827. The van der Waals surface area contributed by atoms with Gasteiger partial charge in [0.2, 0.25) is 5.76 Å². The molecule has 0 saturated carbocycles. The number of hydrogen-bond donors (Lipinski definition) is 0. The van der Waals surface area contributed by atoms with Crippen molar-refractivity contribution >= 4 is 5.82 Å². The fourth-order valence-corrected chi connectivity index (χ4v) is 3.03. The van der Waals surface area contributed by atoms with E-state index in [1.165, 1.54) is 5.56 Å². The summed E-state index contributed by atoms with van der Waals surface area (Å²) in [5.74, 6) is 2.26. The first-order valence-corrected chi connectivity index (χ1v) is 7.92. The van der Waals surface area contributed by atoms with E-state index < -0.39 is 0 Å². The van der Waals surface area contributed by atoms with Crippen LogP contribution in [0.5, 0.6) is 0 Å². The summed E-state index contributed by atoms with van der Waals surface area (Å²) in [6.45, 7) is 2.51. The standard InChI is InChI=1S/C17H19N5O2/c1-21-6-5-14-13(10-21)17(19-11-18-14)22(2)9-12-8-16(24-20-12)15-4-3-7-23-15/h3-4,7-8,11H,5-6,9-10H2,1-2H3. The molecule has 0 saturated heterocycles. The summed E-state index contributed by atoms with van der Waals surface area (Å²) in [5.41, 5.74) is 3.17. The van der Waals surface area contributed by atoms with Crippen LogP contribution in [0, 0.1) is 0 Å². The largest absolute Gasteiger partial charge is 0.461 e. The summed E-state index contributed by atoms with van der Waals surface area (Å²) >= 11 is 0. The number of likely N-dealkylation sites (N-methyl/N-ethyl adjacent to an activating group) is 1. The fourth-order valence-electron chi connectivity index (χ4n) is 3.03. The molecule has 0 aromatic carbocycles. The zero-order valence-corrected chi connectivity index (χ0v) is 13.8. The highest BCUT2D eigenvalue weighted by Gasteiger charge is 2.21. The summed E-state index contributed by atoms with van der Waals surface area (Å²) in [6, 6.07) is 5.58. The van der Waals surface area contributed by atoms with E-state index in [0.29, 0.717) is 18.1 Å². The molecule has 1 aliphatic heterocycles. The minimum absolute atomic E-state index is 0.609. The van der Waals surface area contributed by atoms with Crippen molar-refractivity contribution in [2.75, 3.05) is 25.5 Å². The first-order valence-electron chi connectivity index (χ1n) is 7.92. The van der Waals surface area contributed by atoms with Crippen LogP contribution >= 0.6 is 0 Å². The Labute approximate surface area is 139 Å². The van der Waals surface area contributed by atoms with Crippen LogP contribution in [-0.2, 0) is 19.5 Å². The Morgan fingerprint density at radius 3 is 3.04 bits per heavy atom. The highest BCUT2D eigenvalue weighted by atomic mass is 16.5. The topological polar surface area (TPSA) is 71.4 Å². The molecular weight excluding hydrogens is 306 g/mol. The molecule has 0 spiro atoms. The summed E-state index contributed by atoms with van der Waals surface area (Å²) in [4.78, 5) is 13.3. The highest BCUT2D eigenvalue weighted by Crippen LogP contribution is 2.26. The third-order valence-corrected chi connectivity index (χ3v) is 4.25. The number of aromatic nitrogens is 3. The Hall–Kier alpha value is -2.67. The Kier molecular flexibility index (Phi) is 3.78. The van der Waals surface area contributed by atoms with Crippen LogP contribution in [0.2, 0.25) is 0 Å². The van der Waals surface area contributed by atoms with Gasteiger partial charge in [-0.15, -0.1) is 0 Å². The van der Waals surface area contributed by atoms with Crippen LogP contribution in [0.3, 0.4) is 0 Å². The van der Waals surface area contributed by atoms with Crippen LogP contribution in [0.1, 0.15) is 17.0 Å². The lowest BCUT2D eigenvalue weighted by atomic mass is 10.1. The Balaban J connectivity index is 1.56. The van der Waals surface area contributed by atoms with Crippen molar-refractivity contribution in [2.45, 2.75) is 19.5 Å². The van der Waals surface area contributed by atoms with Crippen molar-refractivity contribution in [3.8, 4) is 11.5 Å². The van der Waals surface area contributed by atoms with Crippen molar-refractivity contribution in [1.29, 1.82) is 0 Å². The van der Waals surface area contributed by atoms with Gasteiger partial charge in [-0.25, -0.2) is 9.97 Å². The zero-order chi connectivity index (χ0) is 16.5. The van der Waals surface area contributed by atoms with Gasteiger partial charge in [-0.2, -0.15) is 0 Å². The van der Waals surface area contributed by atoms with Gasteiger partial charge in [0, 0.05) is 38.2 Å². The van der Waals surface area contributed by atoms with Gasteiger partial charge in [0.1, 0.15) is 17.8 Å². The van der Waals surface area contributed by atoms with Gasteiger partial charge < -0.3 is 18.7 Å². The van der Waals surface area contributed by atoms with Gasteiger partial charge in [0.15, 0.2) is 5.76 Å². The molecule has 7 heteroatoms. The number of rotatable bonds is 4. The molecule has 1 aliphatic rings. The van der Waals surface area contributed by atoms with Crippen molar-refractivity contribution in [1.82, 2.24) is 20.0 Å². The second-order valence-corrected chi connectivity index (χ2v) is 6.13. The number of anilines is 1. The third kappa shape index (κ3) is 2.78. The predicted octanol–water partition coefficient (Wildman–Crippen LogP) is 2.35. The van der Waals surface area contributed by atoms with Crippen molar-refractivity contribution in [2.24, 2.45) is 0 Å².